The van der Waals surface area contributed by atoms with Gasteiger partial charge < -0.3 is 15.0 Å². The zero-order chi connectivity index (χ0) is 17.0. The third-order valence-corrected chi connectivity index (χ3v) is 4.07. The van der Waals surface area contributed by atoms with Gasteiger partial charge in [0.15, 0.2) is 0 Å². The molecule has 0 aliphatic heterocycles. The van der Waals surface area contributed by atoms with Gasteiger partial charge in [-0.2, -0.15) is 0 Å². The van der Waals surface area contributed by atoms with Gasteiger partial charge in [0.1, 0.15) is 5.60 Å². The highest BCUT2D eigenvalue weighted by atomic mass is 16.6. The molecule has 0 bridgehead atoms. The summed E-state index contributed by atoms with van der Waals surface area (Å²) < 4.78 is 5.52. The smallest absolute Gasteiger partial charge is 0.410 e. The molecule has 1 saturated carbocycles. The molecule has 1 atom stereocenters. The van der Waals surface area contributed by atoms with E-state index >= 15 is 0 Å². The number of nitrogens with zero attached hydrogens (tertiary/aromatic N) is 1. The number of amides is 1. The summed E-state index contributed by atoms with van der Waals surface area (Å²) in [6.07, 6.45) is 1.99. The largest absolute Gasteiger partial charge is 0.444 e. The van der Waals surface area contributed by atoms with Crippen molar-refractivity contribution in [3.05, 3.63) is 35.4 Å². The standard InChI is InChI=1S/C19H30N2O2/c1-14-8-6-7-9-17(14)15(2)20-12-13-21(16-10-11-16)18(22)23-19(3,4)5/h6-9,15-16,20H,10-13H2,1-5H3. The molecule has 128 valence electrons. The van der Waals surface area contributed by atoms with Crippen molar-refractivity contribution in [2.75, 3.05) is 13.1 Å². The van der Waals surface area contributed by atoms with Crippen molar-refractivity contribution in [1.82, 2.24) is 10.2 Å². The van der Waals surface area contributed by atoms with Gasteiger partial charge in [-0.05, 0) is 58.6 Å². The second kappa shape index (κ2) is 7.35. The molecule has 4 heteroatoms. The van der Waals surface area contributed by atoms with Crippen LogP contribution in [0, 0.1) is 6.92 Å². The first kappa shape index (κ1) is 17.8. The minimum atomic E-state index is -0.438. The Bertz CT molecular complexity index is 532. The molecular formula is C19H30N2O2. The van der Waals surface area contributed by atoms with Gasteiger partial charge in [0.25, 0.3) is 0 Å². The van der Waals surface area contributed by atoms with Gasteiger partial charge in [-0.1, -0.05) is 24.3 Å². The van der Waals surface area contributed by atoms with E-state index in [9.17, 15) is 4.79 Å². The normalized spacial score (nSPS) is 16.0. The minimum absolute atomic E-state index is 0.189. The number of benzene rings is 1. The molecule has 1 fully saturated rings. The Kier molecular flexibility index (Phi) is 5.69. The minimum Gasteiger partial charge on any atom is -0.444 e. The van der Waals surface area contributed by atoms with E-state index in [-0.39, 0.29) is 12.1 Å². The molecule has 0 radical (unpaired) electrons. The molecule has 0 spiro atoms. The van der Waals surface area contributed by atoms with Crippen LogP contribution < -0.4 is 5.32 Å². The SMILES string of the molecule is Cc1ccccc1C(C)NCCN(C(=O)OC(C)(C)C)C1CC1. The number of carbonyl (C=O) groups excluding carboxylic acids is 1. The van der Waals surface area contributed by atoms with Crippen molar-refractivity contribution < 1.29 is 9.53 Å². The predicted molar refractivity (Wildman–Crippen MR) is 93.6 cm³/mol. The van der Waals surface area contributed by atoms with E-state index in [1.807, 2.05) is 25.7 Å². The fraction of sp³-hybridized carbons (Fsp3) is 0.632. The quantitative estimate of drug-likeness (QED) is 0.860. The molecule has 1 N–H and O–H groups in total. The third kappa shape index (κ3) is 5.54. The molecule has 1 amide bonds. The van der Waals surface area contributed by atoms with E-state index in [1.165, 1.54) is 11.1 Å². The van der Waals surface area contributed by atoms with E-state index in [4.69, 9.17) is 4.74 Å². The molecule has 0 heterocycles. The Balaban J connectivity index is 1.85. The molecule has 23 heavy (non-hydrogen) atoms. The van der Waals surface area contributed by atoms with Gasteiger partial charge in [0.2, 0.25) is 0 Å². The van der Waals surface area contributed by atoms with Gasteiger partial charge >= 0.3 is 6.09 Å². The van der Waals surface area contributed by atoms with Crippen LogP contribution in [-0.2, 0) is 4.74 Å². The summed E-state index contributed by atoms with van der Waals surface area (Å²) in [6, 6.07) is 9.04. The zero-order valence-electron chi connectivity index (χ0n) is 15.1. The highest BCUT2D eigenvalue weighted by Crippen LogP contribution is 2.28. The molecule has 1 unspecified atom stereocenters. The summed E-state index contributed by atoms with van der Waals surface area (Å²) in [5, 5.41) is 3.52. The average Bonchev–Trinajstić information content (AvgIpc) is 3.26. The lowest BCUT2D eigenvalue weighted by molar-refractivity contribution is 0.0235. The van der Waals surface area contributed by atoms with Crippen LogP contribution in [0.5, 0.6) is 0 Å². The molecule has 0 aromatic heterocycles. The molecular weight excluding hydrogens is 288 g/mol. The molecule has 1 aromatic carbocycles. The van der Waals surface area contributed by atoms with Gasteiger partial charge in [0.05, 0.1) is 0 Å². The van der Waals surface area contributed by atoms with Gasteiger partial charge in [-0.3, -0.25) is 0 Å². The molecule has 1 aromatic rings. The highest BCUT2D eigenvalue weighted by molar-refractivity contribution is 5.69. The van der Waals surface area contributed by atoms with Gasteiger partial charge in [0, 0.05) is 25.2 Å². The lowest BCUT2D eigenvalue weighted by Crippen LogP contribution is -2.42. The van der Waals surface area contributed by atoms with Crippen LogP contribution in [-0.4, -0.2) is 35.7 Å². The number of rotatable bonds is 6. The predicted octanol–water partition coefficient (Wildman–Crippen LogP) is 4.05. The number of nitrogens with one attached hydrogen (secondary N) is 1. The molecule has 1 aliphatic rings. The second-order valence-electron chi connectivity index (χ2n) is 7.44. The number of aryl methyl sites for hydroxylation is 1. The van der Waals surface area contributed by atoms with Crippen molar-refractivity contribution in [2.45, 2.75) is 65.1 Å². The molecule has 4 nitrogen and oxygen atoms in total. The Labute approximate surface area is 140 Å². The van der Waals surface area contributed by atoms with Crippen LogP contribution in [0.15, 0.2) is 24.3 Å². The Morgan fingerprint density at radius 3 is 2.57 bits per heavy atom. The van der Waals surface area contributed by atoms with Crippen molar-refractivity contribution in [1.29, 1.82) is 0 Å². The van der Waals surface area contributed by atoms with Gasteiger partial charge in [-0.25, -0.2) is 4.79 Å². The van der Waals surface area contributed by atoms with E-state index < -0.39 is 5.60 Å². The molecule has 1 aliphatic carbocycles. The maximum atomic E-state index is 12.3. The second-order valence-corrected chi connectivity index (χ2v) is 7.44. The fourth-order valence-corrected chi connectivity index (χ4v) is 2.71. The summed E-state index contributed by atoms with van der Waals surface area (Å²) in [5.41, 5.74) is 2.16. The summed E-state index contributed by atoms with van der Waals surface area (Å²) in [6.45, 7) is 11.5. The summed E-state index contributed by atoms with van der Waals surface area (Å²) in [7, 11) is 0. The first-order chi connectivity index (χ1) is 10.8. The Morgan fingerprint density at radius 1 is 1.35 bits per heavy atom. The van der Waals surface area contributed by atoms with Crippen molar-refractivity contribution in [3.63, 3.8) is 0 Å². The summed E-state index contributed by atoms with van der Waals surface area (Å²) in [4.78, 5) is 14.2. The number of hydrogen-bond donors (Lipinski definition) is 1. The van der Waals surface area contributed by atoms with Crippen molar-refractivity contribution >= 4 is 6.09 Å². The van der Waals surface area contributed by atoms with E-state index in [1.54, 1.807) is 0 Å². The summed E-state index contributed by atoms with van der Waals surface area (Å²) in [5.74, 6) is 0. The lowest BCUT2D eigenvalue weighted by atomic mass is 10.0. The van der Waals surface area contributed by atoms with Crippen LogP contribution in [0.3, 0.4) is 0 Å². The van der Waals surface area contributed by atoms with E-state index in [0.29, 0.717) is 12.6 Å². The first-order valence-corrected chi connectivity index (χ1v) is 8.56. The average molecular weight is 318 g/mol. The topological polar surface area (TPSA) is 41.6 Å². The fourth-order valence-electron chi connectivity index (χ4n) is 2.71. The van der Waals surface area contributed by atoms with Crippen LogP contribution in [0.4, 0.5) is 4.79 Å². The van der Waals surface area contributed by atoms with E-state index in [0.717, 1.165) is 19.4 Å². The molecule has 2 rings (SSSR count). The maximum absolute atomic E-state index is 12.3. The third-order valence-electron chi connectivity index (χ3n) is 4.07. The summed E-state index contributed by atoms with van der Waals surface area (Å²) >= 11 is 0. The van der Waals surface area contributed by atoms with Crippen LogP contribution in [0.25, 0.3) is 0 Å². The van der Waals surface area contributed by atoms with Crippen LogP contribution in [0.1, 0.15) is 57.7 Å². The van der Waals surface area contributed by atoms with Crippen LogP contribution in [0.2, 0.25) is 0 Å². The number of hydrogen-bond acceptors (Lipinski definition) is 3. The molecule has 0 saturated heterocycles. The highest BCUT2D eigenvalue weighted by Gasteiger charge is 2.34. The van der Waals surface area contributed by atoms with Gasteiger partial charge in [-0.15, -0.1) is 0 Å². The maximum Gasteiger partial charge on any atom is 0.410 e. The Morgan fingerprint density at radius 2 is 2.00 bits per heavy atom. The number of ether oxygens (including phenoxy) is 1. The van der Waals surface area contributed by atoms with Crippen LogP contribution >= 0.6 is 0 Å². The van der Waals surface area contributed by atoms with Crippen molar-refractivity contribution in [2.24, 2.45) is 0 Å². The Hall–Kier alpha value is -1.55. The van der Waals surface area contributed by atoms with Crippen molar-refractivity contribution in [3.8, 4) is 0 Å². The first-order valence-electron chi connectivity index (χ1n) is 8.56. The number of carbonyl (C=O) groups is 1. The lowest BCUT2D eigenvalue weighted by Gasteiger charge is -2.28. The van der Waals surface area contributed by atoms with E-state index in [2.05, 4.69) is 43.4 Å². The zero-order valence-corrected chi connectivity index (χ0v) is 15.1. The monoisotopic (exact) mass is 318 g/mol.